The van der Waals surface area contributed by atoms with Crippen LogP contribution in [0.25, 0.3) is 0 Å². The van der Waals surface area contributed by atoms with Crippen molar-refractivity contribution in [3.05, 3.63) is 24.0 Å². The van der Waals surface area contributed by atoms with Crippen molar-refractivity contribution in [2.45, 2.75) is 25.0 Å². The molecule has 2 atom stereocenters. The molecule has 0 aromatic carbocycles. The molecular weight excluding hydrogens is 240 g/mol. The molecule has 0 bridgehead atoms. The van der Waals surface area contributed by atoms with Crippen molar-refractivity contribution in [3.63, 3.8) is 0 Å². The van der Waals surface area contributed by atoms with Crippen LogP contribution in [0.4, 0.5) is 0 Å². The predicted molar refractivity (Wildman–Crippen MR) is 61.4 cm³/mol. The summed E-state index contributed by atoms with van der Waals surface area (Å²) in [6.45, 7) is 3.40. The van der Waals surface area contributed by atoms with Crippen molar-refractivity contribution in [1.29, 1.82) is 0 Å². The minimum atomic E-state index is -0.806. The third-order valence-electron chi connectivity index (χ3n) is 2.61. The van der Waals surface area contributed by atoms with E-state index < -0.39 is 24.1 Å². The molecule has 1 N–H and O–H groups in total. The Balaban J connectivity index is 2.67. The number of hydrogen-bond donors (Lipinski definition) is 1. The maximum atomic E-state index is 11.4. The lowest BCUT2D eigenvalue weighted by Crippen LogP contribution is -2.34. The molecule has 0 heterocycles. The zero-order chi connectivity index (χ0) is 13.7. The molecule has 0 saturated heterocycles. The second kappa shape index (κ2) is 6.20. The van der Waals surface area contributed by atoms with Crippen molar-refractivity contribution >= 4 is 11.9 Å². The molecule has 0 aliphatic heterocycles. The van der Waals surface area contributed by atoms with Crippen LogP contribution in [0.5, 0.6) is 0 Å². The number of carbonyl (C=O) groups is 2. The van der Waals surface area contributed by atoms with Gasteiger partial charge in [0, 0.05) is 12.0 Å². The average Bonchev–Trinajstić information content (AvgIpc) is 2.39. The summed E-state index contributed by atoms with van der Waals surface area (Å²) in [4.78, 5) is 22.5. The van der Waals surface area contributed by atoms with Gasteiger partial charge in [-0.25, -0.2) is 9.59 Å². The zero-order valence-electron chi connectivity index (χ0n) is 10.3. The lowest BCUT2D eigenvalue weighted by molar-refractivity contribution is -0.142. The zero-order valence-corrected chi connectivity index (χ0v) is 10.3. The Kier molecular flexibility index (Phi) is 4.91. The van der Waals surface area contributed by atoms with Gasteiger partial charge < -0.3 is 19.3 Å². The van der Waals surface area contributed by atoms with E-state index >= 15 is 0 Å². The topological polar surface area (TPSA) is 82.1 Å². The summed E-state index contributed by atoms with van der Waals surface area (Å²) in [7, 11) is 2.48. The molecule has 0 aromatic heterocycles. The van der Waals surface area contributed by atoms with E-state index in [1.54, 1.807) is 6.08 Å². The molecule has 0 spiro atoms. The monoisotopic (exact) mass is 256 g/mol. The van der Waals surface area contributed by atoms with Gasteiger partial charge in [0.25, 0.3) is 0 Å². The minimum absolute atomic E-state index is 0.157. The van der Waals surface area contributed by atoms with Crippen LogP contribution in [-0.2, 0) is 23.8 Å². The Bertz CT molecular complexity index is 384. The first-order chi connectivity index (χ1) is 8.49. The third-order valence-corrected chi connectivity index (χ3v) is 2.61. The van der Waals surface area contributed by atoms with Crippen LogP contribution >= 0.6 is 0 Å². The molecule has 1 aliphatic rings. The van der Waals surface area contributed by atoms with E-state index in [0.717, 1.165) is 0 Å². The van der Waals surface area contributed by atoms with Gasteiger partial charge in [0.2, 0.25) is 0 Å². The van der Waals surface area contributed by atoms with E-state index in [0.29, 0.717) is 5.57 Å². The van der Waals surface area contributed by atoms with E-state index in [1.165, 1.54) is 14.2 Å². The van der Waals surface area contributed by atoms with Gasteiger partial charge in [-0.15, -0.1) is 0 Å². The van der Waals surface area contributed by atoms with Crippen molar-refractivity contribution in [2.24, 2.45) is 0 Å². The summed E-state index contributed by atoms with van der Waals surface area (Å²) in [5, 5.41) is 9.73. The lowest BCUT2D eigenvalue weighted by Gasteiger charge is -2.27. The lowest BCUT2D eigenvalue weighted by atomic mass is 9.94. The van der Waals surface area contributed by atoms with E-state index in [4.69, 9.17) is 4.74 Å². The Labute approximate surface area is 105 Å². The number of carbonyl (C=O) groups excluding carboxylic acids is 2. The van der Waals surface area contributed by atoms with Gasteiger partial charge in [0.15, 0.2) is 5.76 Å². The Morgan fingerprint density at radius 1 is 1.39 bits per heavy atom. The van der Waals surface area contributed by atoms with Crippen molar-refractivity contribution in [3.8, 4) is 0 Å². The molecular formula is C12H16O6. The molecule has 18 heavy (non-hydrogen) atoms. The SMILES string of the molecule is C=C(O[C@@H]1CC(C(=O)OC)=CC[C@H]1O)C(=O)OC. The van der Waals surface area contributed by atoms with E-state index in [-0.39, 0.29) is 18.6 Å². The average molecular weight is 256 g/mol. The molecule has 1 aliphatic carbocycles. The van der Waals surface area contributed by atoms with Crippen molar-refractivity contribution < 1.29 is 28.9 Å². The summed E-state index contributed by atoms with van der Waals surface area (Å²) >= 11 is 0. The highest BCUT2D eigenvalue weighted by Gasteiger charge is 2.30. The summed E-state index contributed by atoms with van der Waals surface area (Å²) in [5.74, 6) is -1.39. The second-order valence-electron chi connectivity index (χ2n) is 3.80. The van der Waals surface area contributed by atoms with Crippen LogP contribution < -0.4 is 0 Å². The minimum Gasteiger partial charge on any atom is -0.481 e. The molecule has 6 heteroatoms. The molecule has 6 nitrogen and oxygen atoms in total. The Hall–Kier alpha value is -1.82. The fourth-order valence-corrected chi connectivity index (χ4v) is 1.61. The largest absolute Gasteiger partial charge is 0.481 e. The number of aliphatic hydroxyl groups is 1. The highest BCUT2D eigenvalue weighted by atomic mass is 16.6. The van der Waals surface area contributed by atoms with Gasteiger partial charge >= 0.3 is 11.9 Å². The smallest absolute Gasteiger partial charge is 0.372 e. The Morgan fingerprint density at radius 2 is 2.06 bits per heavy atom. The first-order valence-corrected chi connectivity index (χ1v) is 5.38. The second-order valence-corrected chi connectivity index (χ2v) is 3.80. The quantitative estimate of drug-likeness (QED) is 0.443. The van der Waals surface area contributed by atoms with Gasteiger partial charge in [-0.3, -0.25) is 0 Å². The number of ether oxygens (including phenoxy) is 3. The highest BCUT2D eigenvalue weighted by molar-refractivity contribution is 5.88. The van der Waals surface area contributed by atoms with Gasteiger partial charge in [0.1, 0.15) is 6.10 Å². The maximum Gasteiger partial charge on any atom is 0.372 e. The Morgan fingerprint density at radius 3 is 2.61 bits per heavy atom. The molecule has 0 radical (unpaired) electrons. The van der Waals surface area contributed by atoms with Gasteiger partial charge in [0.05, 0.1) is 20.3 Å². The predicted octanol–water partition coefficient (Wildman–Crippen LogP) is 0.312. The number of esters is 2. The van der Waals surface area contributed by atoms with Gasteiger partial charge in [-0.2, -0.15) is 0 Å². The molecule has 100 valence electrons. The van der Waals surface area contributed by atoms with E-state index in [2.05, 4.69) is 16.1 Å². The fourth-order valence-electron chi connectivity index (χ4n) is 1.61. The molecule has 0 amide bonds. The van der Waals surface area contributed by atoms with E-state index in [9.17, 15) is 14.7 Å². The highest BCUT2D eigenvalue weighted by Crippen LogP contribution is 2.24. The maximum absolute atomic E-state index is 11.4. The first-order valence-electron chi connectivity index (χ1n) is 5.38. The molecule has 0 unspecified atom stereocenters. The van der Waals surface area contributed by atoms with Crippen LogP contribution in [0.1, 0.15) is 12.8 Å². The van der Waals surface area contributed by atoms with Gasteiger partial charge in [-0.05, 0) is 13.0 Å². The van der Waals surface area contributed by atoms with Crippen LogP contribution in [0, 0.1) is 0 Å². The number of methoxy groups -OCH3 is 2. The van der Waals surface area contributed by atoms with E-state index in [1.807, 2.05) is 0 Å². The fraction of sp³-hybridized carbons (Fsp3) is 0.500. The van der Waals surface area contributed by atoms with Crippen molar-refractivity contribution in [2.75, 3.05) is 14.2 Å². The van der Waals surface area contributed by atoms with Crippen LogP contribution in [0.2, 0.25) is 0 Å². The van der Waals surface area contributed by atoms with Crippen LogP contribution in [0.15, 0.2) is 24.0 Å². The normalized spacial score (nSPS) is 22.7. The summed E-state index contributed by atoms with van der Waals surface area (Å²) < 4.78 is 14.2. The van der Waals surface area contributed by atoms with Crippen LogP contribution in [0.3, 0.4) is 0 Å². The summed E-state index contributed by atoms with van der Waals surface area (Å²) in [6, 6.07) is 0. The third kappa shape index (κ3) is 3.33. The number of aliphatic hydroxyl groups excluding tert-OH is 1. The molecule has 1 rings (SSSR count). The molecule has 0 aromatic rings. The summed E-state index contributed by atoms with van der Waals surface area (Å²) in [6.07, 6.45) is 0.487. The van der Waals surface area contributed by atoms with Gasteiger partial charge in [-0.1, -0.05) is 6.08 Å². The number of hydrogen-bond acceptors (Lipinski definition) is 6. The first kappa shape index (κ1) is 14.2. The molecule has 0 fully saturated rings. The summed E-state index contributed by atoms with van der Waals surface area (Å²) in [5.41, 5.74) is 0.408. The molecule has 0 saturated carbocycles. The van der Waals surface area contributed by atoms with Crippen molar-refractivity contribution in [1.82, 2.24) is 0 Å². The standard InChI is InChI=1S/C12H16O6/c1-7(11(14)16-2)18-10-6-8(12(15)17-3)4-5-9(10)13/h4,9-10,13H,1,5-6H2,2-3H3/t9-,10-/m1/s1. The van der Waals surface area contributed by atoms with Crippen LogP contribution in [-0.4, -0.2) is 43.5 Å². The number of rotatable bonds is 4.